The second-order valence-electron chi connectivity index (χ2n) is 12.9. The zero-order valence-corrected chi connectivity index (χ0v) is 35.9. The van der Waals surface area contributed by atoms with E-state index < -0.39 is 23.6 Å². The van der Waals surface area contributed by atoms with Crippen molar-refractivity contribution in [2.24, 2.45) is 0 Å². The van der Waals surface area contributed by atoms with Gasteiger partial charge in [0, 0.05) is 30.1 Å². The van der Waals surface area contributed by atoms with Crippen molar-refractivity contribution >= 4 is 89.1 Å². The monoisotopic (exact) mass is 1000 g/mol. The van der Waals surface area contributed by atoms with Gasteiger partial charge < -0.3 is 19.3 Å². The molecule has 0 fully saturated rings. The fourth-order valence-electron chi connectivity index (χ4n) is 5.86. The molecule has 0 radical (unpaired) electrons. The van der Waals surface area contributed by atoms with Crippen LogP contribution in [-0.4, -0.2) is 53.6 Å². The van der Waals surface area contributed by atoms with Gasteiger partial charge in [0.2, 0.25) is 11.7 Å². The Balaban J connectivity index is 0.000000260. The second kappa shape index (κ2) is 21.3. The third-order valence-corrected chi connectivity index (χ3v) is 10.4. The minimum atomic E-state index is -1.64. The third-order valence-electron chi connectivity index (χ3n) is 8.88. The van der Waals surface area contributed by atoms with Crippen LogP contribution in [0.25, 0.3) is 33.4 Å². The molecule has 2 aromatic heterocycles. The number of esters is 1. The highest BCUT2D eigenvalue weighted by Gasteiger charge is 2.39. The lowest BCUT2D eigenvalue weighted by molar-refractivity contribution is -0.154. The van der Waals surface area contributed by atoms with E-state index in [0.29, 0.717) is 44.0 Å². The molecule has 0 spiro atoms. The Morgan fingerprint density at radius 2 is 1.08 bits per heavy atom. The van der Waals surface area contributed by atoms with Crippen molar-refractivity contribution in [2.75, 3.05) is 6.61 Å². The van der Waals surface area contributed by atoms with Crippen molar-refractivity contribution in [3.05, 3.63) is 164 Å². The van der Waals surface area contributed by atoms with E-state index in [-0.39, 0.29) is 28.9 Å². The molecule has 12 nitrogen and oxygen atoms in total. The summed E-state index contributed by atoms with van der Waals surface area (Å²) in [7, 11) is 0. The first kappa shape index (κ1) is 48.9. The fourth-order valence-corrected chi connectivity index (χ4v) is 6.81. The maximum Gasteiger partial charge on any atom is 0.352 e. The number of benzene rings is 6. The summed E-state index contributed by atoms with van der Waals surface area (Å²) in [6, 6.07) is 39.1. The van der Waals surface area contributed by atoms with Gasteiger partial charge in [-0.3, -0.25) is 0 Å². The summed E-state index contributed by atoms with van der Waals surface area (Å²) in [4.78, 5) is 27.8. The van der Waals surface area contributed by atoms with Crippen LogP contribution in [0.1, 0.15) is 53.4 Å². The van der Waals surface area contributed by atoms with Gasteiger partial charge in [0.05, 0.1) is 6.61 Å². The minimum Gasteiger partial charge on any atom is -0.478 e. The Bertz CT molecular complexity index is 2720. The number of aromatic nitrogens is 6. The largest absolute Gasteiger partial charge is 0.478 e. The smallest absolute Gasteiger partial charge is 0.352 e. The first-order valence-corrected chi connectivity index (χ1v) is 20.3. The molecule has 2 unspecified atom stereocenters. The number of aliphatic carboxylic acids is 1. The number of carbonyl (C=O) groups excluding carboxylic acids is 1. The van der Waals surface area contributed by atoms with Crippen molar-refractivity contribution in [2.45, 2.75) is 47.8 Å². The average Bonchev–Trinajstić information content (AvgIpc) is 3.87. The van der Waals surface area contributed by atoms with E-state index in [2.05, 4.69) is 52.3 Å². The average molecular weight is 1010 g/mol. The Hall–Kier alpha value is -5.80. The number of hydrogen-bond donors (Lipinski definition) is 1. The number of ether oxygens (including phenoxy) is 3. The first-order valence-electron chi connectivity index (χ1n) is 17.9. The molecule has 0 aliphatic carbocycles. The highest BCUT2D eigenvalue weighted by Crippen LogP contribution is 2.35. The third kappa shape index (κ3) is 11.0. The minimum absolute atomic E-state index is 0. The normalized spacial score (nSPS) is 12.0. The van der Waals surface area contributed by atoms with Gasteiger partial charge in [0.25, 0.3) is 0 Å². The van der Waals surface area contributed by atoms with Gasteiger partial charge in [-0.25, -0.2) is 9.59 Å². The van der Waals surface area contributed by atoms with E-state index in [1.807, 2.05) is 60.7 Å². The maximum absolute atomic E-state index is 12.7. The first-order chi connectivity index (χ1) is 28.4. The highest BCUT2D eigenvalue weighted by molar-refractivity contribution is 9.10. The van der Waals surface area contributed by atoms with Crippen molar-refractivity contribution in [3.63, 3.8) is 0 Å². The summed E-state index contributed by atoms with van der Waals surface area (Å²) in [5.41, 5.74) is 3.49. The maximum atomic E-state index is 12.7. The zero-order chi connectivity index (χ0) is 41.7. The summed E-state index contributed by atoms with van der Waals surface area (Å²) in [6.45, 7) is 3.49. The molecule has 2 heterocycles. The molecule has 0 aliphatic rings. The molecule has 0 saturated heterocycles. The van der Waals surface area contributed by atoms with Gasteiger partial charge in [-0.1, -0.05) is 126 Å². The summed E-state index contributed by atoms with van der Waals surface area (Å²) in [5.74, 6) is -0.862. The van der Waals surface area contributed by atoms with Crippen molar-refractivity contribution < 1.29 is 28.9 Å². The molecule has 322 valence electrons. The molecule has 6 aromatic carbocycles. The molecule has 8 aromatic rings. The van der Waals surface area contributed by atoms with Crippen LogP contribution in [0.3, 0.4) is 0 Å². The van der Waals surface area contributed by atoms with Crippen LogP contribution in [0, 0.1) is 0 Å². The lowest BCUT2D eigenvalue weighted by Crippen LogP contribution is -2.38. The van der Waals surface area contributed by atoms with Gasteiger partial charge in [-0.05, 0) is 98.8 Å². The second-order valence-corrected chi connectivity index (χ2v) is 15.6. The number of carboxylic acids is 1. The lowest BCUT2D eigenvalue weighted by atomic mass is 9.96. The molecular weight excluding hydrogens is 963 g/mol. The predicted molar refractivity (Wildman–Crippen MR) is 252 cm³/mol. The molecule has 0 amide bonds. The van der Waals surface area contributed by atoms with Crippen LogP contribution >= 0.6 is 55.1 Å². The van der Waals surface area contributed by atoms with Gasteiger partial charge in [0.1, 0.15) is 44.9 Å². The van der Waals surface area contributed by atoms with E-state index in [1.165, 1.54) is 16.5 Å². The standard InChI is InChI=1S/C22H17BrClN3O3.C21H15BrClN3O3.3CH4/c1-2-29-22(28)21(14-7-10-16(24)11-8-14)30-20-12-9-15(23)13-19(20)27-25-17-5-3-4-6-18(17)26-27;1-21(20(27)28,13-6-9-15(23)10-7-13)29-19-11-8-14(22)12-18(19)26-24-16-4-2-3-5-17(16)25-26;;;/h3-13,21H,2H2,1H3;2-12H,1H3,(H,27,28);3*1H4. The van der Waals surface area contributed by atoms with Gasteiger partial charge >= 0.3 is 11.9 Å². The Morgan fingerprint density at radius 1 is 0.661 bits per heavy atom. The number of nitrogens with zero attached hydrogens (tertiary/aromatic N) is 6. The highest BCUT2D eigenvalue weighted by atomic mass is 79.9. The summed E-state index contributed by atoms with van der Waals surface area (Å²) in [5, 5.41) is 29.0. The SMILES string of the molecule is C.C.C.CC(Oc1ccc(Br)cc1-n1nc2ccccc2n1)(C(=O)O)c1ccc(Cl)cc1.CCOC(=O)C(Oc1ccc(Br)cc1-n1nc2ccccc2n1)c1ccc(Cl)cc1. The number of carbonyl (C=O) groups is 2. The van der Waals surface area contributed by atoms with E-state index in [4.69, 9.17) is 37.4 Å². The quantitative estimate of drug-likeness (QED) is 0.124. The van der Waals surface area contributed by atoms with Crippen LogP contribution in [-0.2, 0) is 19.9 Å². The number of halogens is 4. The van der Waals surface area contributed by atoms with Crippen LogP contribution in [0.15, 0.2) is 142 Å². The van der Waals surface area contributed by atoms with Crippen molar-refractivity contribution in [1.29, 1.82) is 0 Å². The molecule has 62 heavy (non-hydrogen) atoms. The van der Waals surface area contributed by atoms with E-state index in [1.54, 1.807) is 79.7 Å². The molecule has 1 N–H and O–H groups in total. The van der Waals surface area contributed by atoms with Crippen molar-refractivity contribution in [3.8, 4) is 22.9 Å². The Morgan fingerprint density at radius 3 is 1.52 bits per heavy atom. The van der Waals surface area contributed by atoms with E-state index in [9.17, 15) is 14.7 Å². The topological polar surface area (TPSA) is 143 Å². The molecule has 0 aliphatic heterocycles. The molecule has 0 bridgehead atoms. The summed E-state index contributed by atoms with van der Waals surface area (Å²) < 4.78 is 19.1. The number of hydrogen-bond acceptors (Lipinski definition) is 9. The number of rotatable bonds is 11. The Labute approximate surface area is 386 Å². The molecule has 16 heteroatoms. The number of carboxylic acid groups (broad SMARTS) is 1. The molecule has 8 rings (SSSR count). The molecular formula is C46H44Br2Cl2N6O6. The zero-order valence-electron chi connectivity index (χ0n) is 31.2. The lowest BCUT2D eigenvalue weighted by Gasteiger charge is -2.28. The van der Waals surface area contributed by atoms with Gasteiger partial charge in [-0.2, -0.15) is 0 Å². The predicted octanol–water partition coefficient (Wildman–Crippen LogP) is 12.6. The fraction of sp³-hybridized carbons (Fsp3) is 0.174. The van der Waals surface area contributed by atoms with Crippen LogP contribution in [0.2, 0.25) is 10.0 Å². The van der Waals surface area contributed by atoms with Crippen LogP contribution in [0.4, 0.5) is 0 Å². The molecule has 2 atom stereocenters. The number of fused-ring (bicyclic) bond motifs is 2. The van der Waals surface area contributed by atoms with E-state index >= 15 is 0 Å². The van der Waals surface area contributed by atoms with Gasteiger partial charge in [-0.15, -0.1) is 30.0 Å². The van der Waals surface area contributed by atoms with Crippen molar-refractivity contribution in [1.82, 2.24) is 30.0 Å². The summed E-state index contributed by atoms with van der Waals surface area (Å²) in [6.07, 6.45) is -0.966. The Kier molecular flexibility index (Phi) is 16.8. The van der Waals surface area contributed by atoms with Crippen LogP contribution < -0.4 is 9.47 Å². The molecule has 0 saturated carbocycles. The van der Waals surface area contributed by atoms with Crippen LogP contribution in [0.5, 0.6) is 11.5 Å². The van der Waals surface area contributed by atoms with E-state index in [0.717, 1.165) is 31.0 Å². The summed E-state index contributed by atoms with van der Waals surface area (Å²) >= 11 is 18.9. The van der Waals surface area contributed by atoms with Gasteiger partial charge in [0.15, 0.2) is 0 Å².